The van der Waals surface area contributed by atoms with E-state index in [0.29, 0.717) is 30.2 Å². The molecule has 2 atom stereocenters. The zero-order chi connectivity index (χ0) is 23.1. The maximum absolute atomic E-state index is 14.3. The second-order valence-corrected chi connectivity index (χ2v) is 9.38. The van der Waals surface area contributed by atoms with Crippen molar-refractivity contribution in [2.75, 3.05) is 13.2 Å². The molecule has 7 heteroatoms. The highest BCUT2D eigenvalue weighted by Gasteiger charge is 2.35. The zero-order valence-electron chi connectivity index (χ0n) is 18.7. The van der Waals surface area contributed by atoms with E-state index in [9.17, 15) is 13.6 Å². The Morgan fingerprint density at radius 1 is 1.24 bits per heavy atom. The van der Waals surface area contributed by atoms with E-state index in [4.69, 9.17) is 10.5 Å². The molecule has 1 fully saturated rings. The van der Waals surface area contributed by atoms with Gasteiger partial charge in [0.05, 0.1) is 0 Å². The van der Waals surface area contributed by atoms with Crippen LogP contribution in [0.25, 0.3) is 10.9 Å². The maximum atomic E-state index is 14.3. The Balaban J connectivity index is 1.35. The zero-order valence-corrected chi connectivity index (χ0v) is 18.7. The number of rotatable bonds is 7. The van der Waals surface area contributed by atoms with Gasteiger partial charge in [-0.25, -0.2) is 8.78 Å². The highest BCUT2D eigenvalue weighted by molar-refractivity contribution is 5.95. The quantitative estimate of drug-likeness (QED) is 0.535. The first-order valence-electron chi connectivity index (χ1n) is 11.7. The van der Waals surface area contributed by atoms with Crippen LogP contribution in [0.5, 0.6) is 5.75 Å². The van der Waals surface area contributed by atoms with Gasteiger partial charge in [-0.05, 0) is 74.0 Å². The molecule has 3 aromatic rings. The fraction of sp³-hybridized carbons (Fsp3) is 0.423. The van der Waals surface area contributed by atoms with Crippen molar-refractivity contribution in [3.63, 3.8) is 0 Å². The summed E-state index contributed by atoms with van der Waals surface area (Å²) in [4.78, 5) is 17.7. The second-order valence-electron chi connectivity index (χ2n) is 9.38. The van der Waals surface area contributed by atoms with Crippen molar-refractivity contribution in [3.05, 3.63) is 64.9 Å². The van der Waals surface area contributed by atoms with Gasteiger partial charge in [0, 0.05) is 40.3 Å². The van der Waals surface area contributed by atoms with E-state index < -0.39 is 11.7 Å². The lowest BCUT2D eigenvalue weighted by molar-refractivity contribution is 0.0409. The molecule has 2 heterocycles. The Bertz CT molecular complexity index is 1190. The molecule has 0 unspecified atom stereocenters. The molecule has 1 aliphatic heterocycles. The highest BCUT2D eigenvalue weighted by atomic mass is 19.1. The van der Waals surface area contributed by atoms with Crippen molar-refractivity contribution >= 4 is 16.8 Å². The first-order chi connectivity index (χ1) is 15.9. The number of nitrogens with zero attached hydrogens (tertiary/aromatic N) is 1. The van der Waals surface area contributed by atoms with Gasteiger partial charge in [-0.15, -0.1) is 0 Å². The van der Waals surface area contributed by atoms with Gasteiger partial charge in [0.2, 0.25) is 5.91 Å². The molecule has 0 radical (unpaired) electrons. The van der Waals surface area contributed by atoms with Gasteiger partial charge in [-0.3, -0.25) is 9.69 Å². The molecule has 3 N–H and O–H groups in total. The van der Waals surface area contributed by atoms with Gasteiger partial charge in [0.25, 0.3) is 0 Å². The number of aromatic nitrogens is 1. The van der Waals surface area contributed by atoms with E-state index in [-0.39, 0.29) is 23.5 Å². The highest BCUT2D eigenvalue weighted by Crippen LogP contribution is 2.36. The summed E-state index contributed by atoms with van der Waals surface area (Å²) in [5.74, 6) is -0.860. The average molecular weight is 454 g/mol. The summed E-state index contributed by atoms with van der Waals surface area (Å²) < 4.78 is 34.0. The smallest absolute Gasteiger partial charge is 0.249 e. The monoisotopic (exact) mass is 453 g/mol. The number of nitrogens with one attached hydrogen (secondary N) is 1. The molecule has 2 aliphatic rings. The minimum absolute atomic E-state index is 0.0512. The van der Waals surface area contributed by atoms with Crippen molar-refractivity contribution in [2.45, 2.75) is 57.0 Å². The van der Waals surface area contributed by atoms with Gasteiger partial charge < -0.3 is 15.5 Å². The number of aromatic amines is 1. The number of primary amides is 1. The Morgan fingerprint density at radius 3 is 2.79 bits per heavy atom. The number of benzene rings is 2. The molecule has 0 spiro atoms. The minimum atomic E-state index is -0.564. The number of nitrogens with two attached hydrogens (primary N) is 1. The average Bonchev–Trinajstić information content (AvgIpc) is 3.18. The molecule has 174 valence electrons. The third-order valence-electron chi connectivity index (χ3n) is 7.38. The van der Waals surface area contributed by atoms with Crippen LogP contribution in [0.3, 0.4) is 0 Å². The Labute approximate surface area is 191 Å². The summed E-state index contributed by atoms with van der Waals surface area (Å²) in [5, 5.41) is 0.925. The van der Waals surface area contributed by atoms with Crippen LogP contribution >= 0.6 is 0 Å². The second kappa shape index (κ2) is 8.78. The molecular weight excluding hydrogens is 424 g/mol. The normalized spacial score (nSPS) is 19.2. The van der Waals surface area contributed by atoms with Gasteiger partial charge >= 0.3 is 0 Å². The molecule has 1 amide bonds. The number of carbonyl (C=O) groups is 1. The first-order valence-corrected chi connectivity index (χ1v) is 11.7. The van der Waals surface area contributed by atoms with Crippen LogP contribution in [-0.4, -0.2) is 41.0 Å². The third kappa shape index (κ3) is 4.10. The molecular formula is C26H29F2N3O2. The fourth-order valence-corrected chi connectivity index (χ4v) is 5.28. The van der Waals surface area contributed by atoms with Crippen LogP contribution < -0.4 is 10.5 Å². The van der Waals surface area contributed by atoms with Crippen LogP contribution in [0.2, 0.25) is 0 Å². The SMILES string of the molecule is C[C@@H](CCN(C1CCC1)[C@@H]1COc2c(F)ccc(C(N)=O)c2C1)c1c[nH]c2ccc(F)cc12. The molecule has 2 aromatic carbocycles. The topological polar surface area (TPSA) is 71.3 Å². The molecule has 5 rings (SSSR count). The number of fused-ring (bicyclic) bond motifs is 2. The summed E-state index contributed by atoms with van der Waals surface area (Å²) in [7, 11) is 0. The molecule has 0 saturated heterocycles. The van der Waals surface area contributed by atoms with Crippen LogP contribution in [0.4, 0.5) is 8.78 Å². The lowest BCUT2D eigenvalue weighted by Gasteiger charge is -2.44. The Morgan fingerprint density at radius 2 is 2.06 bits per heavy atom. The third-order valence-corrected chi connectivity index (χ3v) is 7.38. The molecule has 1 aromatic heterocycles. The van der Waals surface area contributed by atoms with Gasteiger partial charge in [-0.1, -0.05) is 13.3 Å². The predicted octanol–water partition coefficient (Wildman–Crippen LogP) is 4.90. The number of carbonyl (C=O) groups excluding carboxylic acids is 1. The molecule has 33 heavy (non-hydrogen) atoms. The number of hydrogen-bond acceptors (Lipinski definition) is 3. The van der Waals surface area contributed by atoms with E-state index in [0.717, 1.165) is 42.3 Å². The molecule has 0 bridgehead atoms. The van der Waals surface area contributed by atoms with E-state index in [1.165, 1.54) is 24.6 Å². The van der Waals surface area contributed by atoms with Crippen molar-refractivity contribution in [1.82, 2.24) is 9.88 Å². The molecule has 1 aliphatic carbocycles. The predicted molar refractivity (Wildman–Crippen MR) is 124 cm³/mol. The largest absolute Gasteiger partial charge is 0.489 e. The van der Waals surface area contributed by atoms with Gasteiger partial charge in [-0.2, -0.15) is 0 Å². The lowest BCUT2D eigenvalue weighted by atomic mass is 9.87. The summed E-state index contributed by atoms with van der Waals surface area (Å²) >= 11 is 0. The maximum Gasteiger partial charge on any atom is 0.249 e. The Kier molecular flexibility index (Phi) is 5.83. The lowest BCUT2D eigenvalue weighted by Crippen LogP contribution is -2.52. The summed E-state index contributed by atoms with van der Waals surface area (Å²) in [6.07, 6.45) is 6.86. The van der Waals surface area contributed by atoms with Crippen LogP contribution in [0, 0.1) is 11.6 Å². The summed E-state index contributed by atoms with van der Waals surface area (Å²) in [5.41, 5.74) is 8.51. The van der Waals surface area contributed by atoms with E-state index in [1.54, 1.807) is 12.1 Å². The Hall–Kier alpha value is -2.93. The van der Waals surface area contributed by atoms with E-state index in [1.807, 2.05) is 6.20 Å². The fourth-order valence-electron chi connectivity index (χ4n) is 5.28. The van der Waals surface area contributed by atoms with Crippen molar-refractivity contribution in [2.24, 2.45) is 5.73 Å². The van der Waals surface area contributed by atoms with Crippen LogP contribution in [0.15, 0.2) is 36.5 Å². The number of H-pyrrole nitrogens is 1. The van der Waals surface area contributed by atoms with Crippen molar-refractivity contribution in [3.8, 4) is 5.75 Å². The van der Waals surface area contributed by atoms with E-state index in [2.05, 4.69) is 16.8 Å². The first kappa shape index (κ1) is 21.9. The standard InChI is InChI=1S/C26H29F2N3O2/c1-15(22-13-30-24-8-5-16(27)11-20(22)24)9-10-31(17-3-2-4-17)18-12-21-19(26(29)32)6-7-23(28)25(21)33-14-18/h5-8,11,13,15,17-18,30H,2-4,9-10,12,14H2,1H3,(H2,29,32)/t15-,18-/m0/s1. The number of amides is 1. The van der Waals surface area contributed by atoms with Gasteiger partial charge in [0.1, 0.15) is 12.4 Å². The van der Waals surface area contributed by atoms with E-state index >= 15 is 0 Å². The number of halogens is 2. The summed E-state index contributed by atoms with van der Waals surface area (Å²) in [6.45, 7) is 3.40. The molecule has 1 saturated carbocycles. The number of hydrogen-bond donors (Lipinski definition) is 2. The van der Waals surface area contributed by atoms with Crippen LogP contribution in [-0.2, 0) is 6.42 Å². The van der Waals surface area contributed by atoms with Crippen molar-refractivity contribution < 1.29 is 18.3 Å². The minimum Gasteiger partial charge on any atom is -0.489 e. The summed E-state index contributed by atoms with van der Waals surface area (Å²) in [6, 6.07) is 8.04. The number of ether oxygens (including phenoxy) is 1. The molecule has 5 nitrogen and oxygen atoms in total. The van der Waals surface area contributed by atoms with Gasteiger partial charge in [0.15, 0.2) is 11.6 Å². The van der Waals surface area contributed by atoms with Crippen LogP contribution in [0.1, 0.15) is 60.0 Å². The van der Waals surface area contributed by atoms with Crippen molar-refractivity contribution in [1.29, 1.82) is 0 Å².